The van der Waals surface area contributed by atoms with Gasteiger partial charge in [-0.05, 0) is 90.5 Å². The van der Waals surface area contributed by atoms with E-state index in [1.807, 2.05) is 35.0 Å². The van der Waals surface area contributed by atoms with E-state index in [9.17, 15) is 4.79 Å². The molecule has 5 rings (SSSR count). The number of hydrogen-bond donors (Lipinski definition) is 1. The highest BCUT2D eigenvalue weighted by Gasteiger charge is 2.31. The van der Waals surface area contributed by atoms with Crippen molar-refractivity contribution in [2.45, 2.75) is 45.7 Å². The molecule has 1 saturated heterocycles. The Labute approximate surface area is 187 Å². The van der Waals surface area contributed by atoms with Gasteiger partial charge in [-0.2, -0.15) is 0 Å². The largest absolute Gasteiger partial charge is 0.322 e. The van der Waals surface area contributed by atoms with Crippen LogP contribution in [0.25, 0.3) is 10.9 Å². The quantitative estimate of drug-likeness (QED) is 0.524. The van der Waals surface area contributed by atoms with E-state index < -0.39 is 0 Å². The van der Waals surface area contributed by atoms with E-state index in [1.165, 1.54) is 17.5 Å². The Morgan fingerprint density at radius 2 is 1.75 bits per heavy atom. The summed E-state index contributed by atoms with van der Waals surface area (Å²) >= 11 is 0. The number of aromatic nitrogens is 5. The lowest BCUT2D eigenvalue weighted by atomic mass is 9.99. The second-order valence-corrected chi connectivity index (χ2v) is 8.76. The van der Waals surface area contributed by atoms with Crippen molar-refractivity contribution in [1.29, 1.82) is 0 Å². The van der Waals surface area contributed by atoms with E-state index in [1.54, 1.807) is 0 Å². The van der Waals surface area contributed by atoms with Crippen molar-refractivity contribution in [1.82, 2.24) is 30.1 Å². The summed E-state index contributed by atoms with van der Waals surface area (Å²) in [5.41, 5.74) is 4.98. The van der Waals surface area contributed by atoms with E-state index in [0.717, 1.165) is 42.4 Å². The van der Waals surface area contributed by atoms with Crippen molar-refractivity contribution in [3.05, 3.63) is 87.0 Å². The lowest BCUT2D eigenvalue weighted by Gasteiger charge is -2.33. The van der Waals surface area contributed by atoms with Gasteiger partial charge in [0, 0.05) is 11.1 Å². The van der Waals surface area contributed by atoms with Gasteiger partial charge in [-0.1, -0.05) is 36.8 Å². The van der Waals surface area contributed by atoms with Gasteiger partial charge in [0.05, 0.1) is 6.54 Å². The Balaban J connectivity index is 1.63. The predicted octanol–water partition coefficient (Wildman–Crippen LogP) is 3.76. The van der Waals surface area contributed by atoms with Crippen LogP contribution in [0.2, 0.25) is 0 Å². The molecule has 7 heteroatoms. The van der Waals surface area contributed by atoms with E-state index in [0.29, 0.717) is 17.9 Å². The first-order chi connectivity index (χ1) is 15.6. The summed E-state index contributed by atoms with van der Waals surface area (Å²) in [6.07, 6.45) is 3.44. The molecular weight excluding hydrogens is 400 g/mol. The second-order valence-electron chi connectivity index (χ2n) is 8.76. The van der Waals surface area contributed by atoms with E-state index in [-0.39, 0.29) is 11.6 Å². The fourth-order valence-corrected chi connectivity index (χ4v) is 4.65. The SMILES string of the molecule is Cc1cc2cc(C(c3nnnn3Cc3ccccc3)N3CCCCC3)c(=O)[nH]c2cc1C. The van der Waals surface area contributed by atoms with E-state index in [2.05, 4.69) is 57.5 Å². The molecule has 7 nitrogen and oxygen atoms in total. The topological polar surface area (TPSA) is 79.7 Å². The smallest absolute Gasteiger partial charge is 0.253 e. The highest BCUT2D eigenvalue weighted by Crippen LogP contribution is 2.30. The second kappa shape index (κ2) is 8.67. The lowest BCUT2D eigenvalue weighted by Crippen LogP contribution is -2.38. The molecule has 164 valence electrons. The Morgan fingerprint density at radius 1 is 1.00 bits per heavy atom. The number of likely N-dealkylation sites (tertiary alicyclic amines) is 1. The van der Waals surface area contributed by atoms with Crippen LogP contribution in [-0.2, 0) is 6.54 Å². The number of piperidine rings is 1. The molecule has 4 aromatic rings. The fourth-order valence-electron chi connectivity index (χ4n) is 4.65. The minimum Gasteiger partial charge on any atom is -0.322 e. The molecule has 1 unspecified atom stereocenters. The Hall–Kier alpha value is -3.32. The third-order valence-corrected chi connectivity index (χ3v) is 6.52. The predicted molar refractivity (Wildman–Crippen MR) is 125 cm³/mol. The fraction of sp³-hybridized carbons (Fsp3) is 0.360. The first-order valence-corrected chi connectivity index (χ1v) is 11.3. The van der Waals surface area contributed by atoms with Crippen LogP contribution in [0.1, 0.15) is 53.4 Å². The van der Waals surface area contributed by atoms with Crippen molar-refractivity contribution < 1.29 is 0 Å². The number of tetrazole rings is 1. The van der Waals surface area contributed by atoms with Gasteiger partial charge < -0.3 is 4.98 Å². The maximum atomic E-state index is 13.3. The van der Waals surface area contributed by atoms with Crippen LogP contribution < -0.4 is 5.56 Å². The van der Waals surface area contributed by atoms with Gasteiger partial charge in [0.25, 0.3) is 5.56 Å². The third kappa shape index (κ3) is 3.96. The number of aromatic amines is 1. The number of nitrogens with one attached hydrogen (secondary N) is 1. The Morgan fingerprint density at radius 3 is 2.53 bits per heavy atom. The van der Waals surface area contributed by atoms with Crippen molar-refractivity contribution in [3.63, 3.8) is 0 Å². The molecular formula is C25H28N6O. The number of nitrogens with zero attached hydrogens (tertiary/aromatic N) is 5. The van der Waals surface area contributed by atoms with E-state index >= 15 is 0 Å². The van der Waals surface area contributed by atoms with Gasteiger partial charge in [0.15, 0.2) is 5.82 Å². The summed E-state index contributed by atoms with van der Waals surface area (Å²) in [6.45, 7) is 6.58. The maximum absolute atomic E-state index is 13.3. The first-order valence-electron chi connectivity index (χ1n) is 11.3. The summed E-state index contributed by atoms with van der Waals surface area (Å²) in [5.74, 6) is 0.712. The van der Waals surface area contributed by atoms with Gasteiger partial charge >= 0.3 is 0 Å². The van der Waals surface area contributed by atoms with Crippen molar-refractivity contribution in [2.75, 3.05) is 13.1 Å². The summed E-state index contributed by atoms with van der Waals surface area (Å²) in [4.78, 5) is 18.8. The standard InChI is InChI=1S/C25H28N6O/c1-17-13-20-15-21(25(32)26-22(20)14-18(17)2)23(30-11-7-4-8-12-30)24-27-28-29-31(24)16-19-9-5-3-6-10-19/h3,5-6,9-10,13-15,23H,4,7-8,11-12,16H2,1-2H3,(H,26,32). The number of hydrogen-bond acceptors (Lipinski definition) is 5. The van der Waals surface area contributed by atoms with Crippen LogP contribution in [0.5, 0.6) is 0 Å². The molecule has 2 aromatic heterocycles. The zero-order valence-corrected chi connectivity index (χ0v) is 18.6. The van der Waals surface area contributed by atoms with Gasteiger partial charge in [-0.25, -0.2) is 4.68 Å². The maximum Gasteiger partial charge on any atom is 0.253 e. The molecule has 1 aliphatic rings. The van der Waals surface area contributed by atoms with Gasteiger partial charge in [-0.3, -0.25) is 9.69 Å². The molecule has 0 bridgehead atoms. The average molecular weight is 429 g/mol. The minimum atomic E-state index is -0.288. The van der Waals surface area contributed by atoms with Crippen molar-refractivity contribution in [2.24, 2.45) is 0 Å². The highest BCUT2D eigenvalue weighted by atomic mass is 16.1. The van der Waals surface area contributed by atoms with Gasteiger partial charge in [-0.15, -0.1) is 5.10 Å². The summed E-state index contributed by atoms with van der Waals surface area (Å²) in [7, 11) is 0. The molecule has 1 atom stereocenters. The van der Waals surface area contributed by atoms with Crippen LogP contribution in [0.4, 0.5) is 0 Å². The Bertz CT molecular complexity index is 1290. The molecule has 0 aliphatic carbocycles. The zero-order valence-electron chi connectivity index (χ0n) is 18.6. The molecule has 0 amide bonds. The molecule has 0 saturated carbocycles. The molecule has 32 heavy (non-hydrogen) atoms. The molecule has 1 fully saturated rings. The van der Waals surface area contributed by atoms with Crippen molar-refractivity contribution >= 4 is 10.9 Å². The van der Waals surface area contributed by atoms with Crippen LogP contribution >= 0.6 is 0 Å². The van der Waals surface area contributed by atoms with E-state index in [4.69, 9.17) is 0 Å². The minimum absolute atomic E-state index is 0.0782. The monoisotopic (exact) mass is 428 g/mol. The number of aryl methyl sites for hydroxylation is 2. The Kier molecular flexibility index (Phi) is 5.57. The summed E-state index contributed by atoms with van der Waals surface area (Å²) in [5, 5.41) is 13.7. The van der Waals surface area contributed by atoms with Crippen LogP contribution in [0.3, 0.4) is 0 Å². The number of pyridine rings is 1. The zero-order chi connectivity index (χ0) is 22.1. The van der Waals surface area contributed by atoms with Crippen LogP contribution in [-0.4, -0.2) is 43.2 Å². The number of benzene rings is 2. The van der Waals surface area contributed by atoms with Gasteiger partial charge in [0.1, 0.15) is 6.04 Å². The first kappa shape index (κ1) is 20.6. The average Bonchev–Trinajstić information content (AvgIpc) is 3.25. The number of H-pyrrole nitrogens is 1. The van der Waals surface area contributed by atoms with Crippen LogP contribution in [0.15, 0.2) is 53.3 Å². The molecule has 1 aliphatic heterocycles. The molecule has 3 heterocycles. The van der Waals surface area contributed by atoms with Gasteiger partial charge in [0.2, 0.25) is 0 Å². The van der Waals surface area contributed by atoms with Crippen molar-refractivity contribution in [3.8, 4) is 0 Å². The number of fused-ring (bicyclic) bond motifs is 1. The lowest BCUT2D eigenvalue weighted by molar-refractivity contribution is 0.177. The highest BCUT2D eigenvalue weighted by molar-refractivity contribution is 5.81. The normalized spacial score (nSPS) is 15.8. The molecule has 0 radical (unpaired) electrons. The summed E-state index contributed by atoms with van der Waals surface area (Å²) in [6, 6.07) is 16.1. The summed E-state index contributed by atoms with van der Waals surface area (Å²) < 4.78 is 1.83. The number of rotatable bonds is 5. The third-order valence-electron chi connectivity index (χ3n) is 6.52. The van der Waals surface area contributed by atoms with Crippen LogP contribution in [0, 0.1) is 13.8 Å². The molecule has 2 aromatic carbocycles. The molecule has 1 N–H and O–H groups in total. The molecule has 0 spiro atoms.